The molecular weight excluding hydrogens is 398 g/mol. The van der Waals surface area contributed by atoms with Crippen LogP contribution in [0.5, 0.6) is 0 Å². The Morgan fingerprint density at radius 1 is 1.19 bits per heavy atom. The molecule has 0 bridgehead atoms. The van der Waals surface area contributed by atoms with Crippen LogP contribution >= 0.6 is 0 Å². The summed E-state index contributed by atoms with van der Waals surface area (Å²) in [4.78, 5) is 15.1. The number of hydrogen-bond acceptors (Lipinski definition) is 4. The molecule has 2 fully saturated rings. The van der Waals surface area contributed by atoms with E-state index in [-0.39, 0.29) is 11.9 Å². The lowest BCUT2D eigenvalue weighted by molar-refractivity contribution is -0.117. The first-order valence-electron chi connectivity index (χ1n) is 12.2. The van der Waals surface area contributed by atoms with Gasteiger partial charge in [-0.05, 0) is 83.5 Å². The molecule has 0 radical (unpaired) electrons. The lowest BCUT2D eigenvalue weighted by Gasteiger charge is -2.36. The summed E-state index contributed by atoms with van der Waals surface area (Å²) in [7, 11) is 4.06. The molecule has 0 spiro atoms. The summed E-state index contributed by atoms with van der Waals surface area (Å²) in [6.45, 7) is 8.72. The predicted octanol–water partition coefficient (Wildman–Crippen LogP) is 5.40. The molecule has 4 rings (SSSR count). The van der Waals surface area contributed by atoms with Crippen LogP contribution in [0.15, 0.2) is 18.2 Å². The van der Waals surface area contributed by atoms with Gasteiger partial charge in [0.15, 0.2) is 5.82 Å². The fourth-order valence-corrected chi connectivity index (χ4v) is 5.17. The Kier molecular flexibility index (Phi) is 6.70. The standard InChI is InChI=1S/C26H39N5O/c1-16(2)11-19-13-20(14-19)25-28-29-26(31(25)21-8-9-21)23(30(5)6)15-24(32)27-22-10-7-17(3)12-18(22)4/h7,10,12,16,19-21,23H,8-9,11,13-15H2,1-6H3,(H,27,32)/t19-,20+,23-/m0/s1. The topological polar surface area (TPSA) is 63.1 Å². The first-order valence-corrected chi connectivity index (χ1v) is 12.2. The maximum Gasteiger partial charge on any atom is 0.226 e. The minimum absolute atomic E-state index is 0.0168. The van der Waals surface area contributed by atoms with E-state index in [9.17, 15) is 4.79 Å². The molecule has 1 atom stereocenters. The Morgan fingerprint density at radius 2 is 1.91 bits per heavy atom. The monoisotopic (exact) mass is 437 g/mol. The Morgan fingerprint density at radius 3 is 2.50 bits per heavy atom. The summed E-state index contributed by atoms with van der Waals surface area (Å²) in [5, 5.41) is 12.5. The van der Waals surface area contributed by atoms with E-state index in [1.165, 1.54) is 37.7 Å². The van der Waals surface area contributed by atoms with E-state index in [1.807, 2.05) is 33.2 Å². The van der Waals surface area contributed by atoms with Crippen LogP contribution in [0.1, 0.15) is 93.1 Å². The van der Waals surface area contributed by atoms with Gasteiger partial charge in [-0.15, -0.1) is 10.2 Å². The third kappa shape index (κ3) is 5.06. The van der Waals surface area contributed by atoms with Gasteiger partial charge in [-0.25, -0.2) is 0 Å². The van der Waals surface area contributed by atoms with Crippen LogP contribution in [0.4, 0.5) is 5.69 Å². The summed E-state index contributed by atoms with van der Waals surface area (Å²) in [5.74, 6) is 4.22. The van der Waals surface area contributed by atoms with Crippen molar-refractivity contribution in [2.45, 2.75) is 84.2 Å². The predicted molar refractivity (Wildman–Crippen MR) is 129 cm³/mol. The van der Waals surface area contributed by atoms with Crippen molar-refractivity contribution in [2.24, 2.45) is 11.8 Å². The number of carbonyl (C=O) groups is 1. The highest BCUT2D eigenvalue weighted by Gasteiger charge is 2.40. The van der Waals surface area contributed by atoms with Gasteiger partial charge < -0.3 is 9.88 Å². The van der Waals surface area contributed by atoms with E-state index < -0.39 is 0 Å². The number of anilines is 1. The Hall–Kier alpha value is -2.21. The van der Waals surface area contributed by atoms with Crippen molar-refractivity contribution >= 4 is 11.6 Å². The largest absolute Gasteiger partial charge is 0.326 e. The second kappa shape index (κ2) is 9.34. The molecular formula is C26H39N5O. The number of aryl methyl sites for hydroxylation is 2. The number of carbonyl (C=O) groups excluding carboxylic acids is 1. The summed E-state index contributed by atoms with van der Waals surface area (Å²) < 4.78 is 2.39. The minimum Gasteiger partial charge on any atom is -0.326 e. The fourth-order valence-electron chi connectivity index (χ4n) is 5.17. The molecule has 0 unspecified atom stereocenters. The molecule has 2 aliphatic carbocycles. The van der Waals surface area contributed by atoms with Gasteiger partial charge in [-0.1, -0.05) is 31.5 Å². The van der Waals surface area contributed by atoms with Crippen molar-refractivity contribution in [1.29, 1.82) is 0 Å². The highest BCUT2D eigenvalue weighted by atomic mass is 16.1. The van der Waals surface area contributed by atoms with Crippen molar-refractivity contribution in [3.05, 3.63) is 41.0 Å². The summed E-state index contributed by atoms with van der Waals surface area (Å²) in [5.41, 5.74) is 3.17. The van der Waals surface area contributed by atoms with E-state index in [4.69, 9.17) is 0 Å². The highest BCUT2D eigenvalue weighted by molar-refractivity contribution is 5.91. The van der Waals surface area contributed by atoms with Crippen LogP contribution in [0.2, 0.25) is 0 Å². The normalized spacial score (nSPS) is 21.6. The average Bonchev–Trinajstić information content (AvgIpc) is 3.43. The van der Waals surface area contributed by atoms with Crippen molar-refractivity contribution in [3.63, 3.8) is 0 Å². The molecule has 174 valence electrons. The first kappa shape index (κ1) is 23.0. The van der Waals surface area contributed by atoms with Crippen LogP contribution in [-0.4, -0.2) is 39.7 Å². The maximum atomic E-state index is 13.0. The molecule has 2 saturated carbocycles. The van der Waals surface area contributed by atoms with E-state index in [0.717, 1.165) is 34.7 Å². The van der Waals surface area contributed by atoms with E-state index >= 15 is 0 Å². The third-order valence-electron chi connectivity index (χ3n) is 7.02. The Bertz CT molecular complexity index is 953. The van der Waals surface area contributed by atoms with Gasteiger partial charge in [0.1, 0.15) is 5.82 Å². The molecule has 1 aromatic heterocycles. The summed E-state index contributed by atoms with van der Waals surface area (Å²) >= 11 is 0. The molecule has 6 heteroatoms. The molecule has 6 nitrogen and oxygen atoms in total. The number of rotatable bonds is 9. The molecule has 1 heterocycles. The van der Waals surface area contributed by atoms with Crippen molar-refractivity contribution < 1.29 is 4.79 Å². The van der Waals surface area contributed by atoms with Gasteiger partial charge in [-0.2, -0.15) is 0 Å². The molecule has 2 aromatic rings. The molecule has 32 heavy (non-hydrogen) atoms. The lowest BCUT2D eigenvalue weighted by Crippen LogP contribution is -2.30. The van der Waals surface area contributed by atoms with Gasteiger partial charge in [-0.3, -0.25) is 9.69 Å². The van der Waals surface area contributed by atoms with Crippen LogP contribution in [0, 0.1) is 25.7 Å². The van der Waals surface area contributed by atoms with Gasteiger partial charge in [0.2, 0.25) is 5.91 Å². The lowest BCUT2D eigenvalue weighted by atomic mass is 9.71. The number of amides is 1. The zero-order chi connectivity index (χ0) is 23.0. The fraction of sp³-hybridized carbons (Fsp3) is 0.654. The van der Waals surface area contributed by atoms with Crippen molar-refractivity contribution in [2.75, 3.05) is 19.4 Å². The molecule has 0 saturated heterocycles. The van der Waals surface area contributed by atoms with Crippen molar-refractivity contribution in [1.82, 2.24) is 19.7 Å². The second-order valence-electron chi connectivity index (χ2n) is 10.7. The third-order valence-corrected chi connectivity index (χ3v) is 7.02. The van der Waals surface area contributed by atoms with E-state index in [0.29, 0.717) is 18.4 Å². The summed E-state index contributed by atoms with van der Waals surface area (Å²) in [6.07, 6.45) is 6.50. The van der Waals surface area contributed by atoms with Gasteiger partial charge in [0.25, 0.3) is 0 Å². The second-order valence-corrected chi connectivity index (χ2v) is 10.7. The molecule has 1 amide bonds. The number of benzene rings is 1. The first-order chi connectivity index (χ1) is 15.2. The molecule has 2 aliphatic rings. The van der Waals surface area contributed by atoms with Crippen LogP contribution in [0.3, 0.4) is 0 Å². The zero-order valence-corrected chi connectivity index (χ0v) is 20.6. The number of hydrogen-bond donors (Lipinski definition) is 1. The number of aromatic nitrogens is 3. The highest BCUT2D eigenvalue weighted by Crippen LogP contribution is 2.47. The van der Waals surface area contributed by atoms with Gasteiger partial charge in [0.05, 0.1) is 6.04 Å². The van der Waals surface area contributed by atoms with Gasteiger partial charge >= 0.3 is 0 Å². The Balaban J connectivity index is 1.50. The molecule has 1 aromatic carbocycles. The quantitative estimate of drug-likeness (QED) is 0.570. The number of nitrogens with zero attached hydrogens (tertiary/aromatic N) is 4. The Labute approximate surface area is 192 Å². The van der Waals surface area contributed by atoms with Crippen molar-refractivity contribution in [3.8, 4) is 0 Å². The molecule has 1 N–H and O–H groups in total. The van der Waals surface area contributed by atoms with E-state index in [2.05, 4.69) is 51.8 Å². The number of nitrogens with one attached hydrogen (secondary N) is 1. The van der Waals surface area contributed by atoms with Crippen LogP contribution in [-0.2, 0) is 4.79 Å². The maximum absolute atomic E-state index is 13.0. The van der Waals surface area contributed by atoms with Gasteiger partial charge in [0, 0.05) is 24.1 Å². The molecule has 0 aliphatic heterocycles. The van der Waals surface area contributed by atoms with Crippen LogP contribution < -0.4 is 5.32 Å². The average molecular weight is 438 g/mol. The SMILES string of the molecule is Cc1ccc(NC(=O)C[C@@H](c2nnc([C@H]3C[C@@H](CC(C)C)C3)n2C2CC2)N(C)C)c(C)c1. The summed E-state index contributed by atoms with van der Waals surface area (Å²) in [6, 6.07) is 6.54. The smallest absolute Gasteiger partial charge is 0.226 e. The van der Waals surface area contributed by atoms with E-state index in [1.54, 1.807) is 0 Å². The van der Waals surface area contributed by atoms with Crippen LogP contribution in [0.25, 0.3) is 0 Å². The zero-order valence-electron chi connectivity index (χ0n) is 20.6. The minimum atomic E-state index is -0.0888.